The second-order valence-corrected chi connectivity index (χ2v) is 10.8. The summed E-state index contributed by atoms with van der Waals surface area (Å²) in [7, 11) is 0. The molecule has 0 unspecified atom stereocenters. The molecular weight excluding hydrogens is 404 g/mol. The highest BCUT2D eigenvalue weighted by molar-refractivity contribution is 6.17. The van der Waals surface area contributed by atoms with Gasteiger partial charge in [0.25, 0.3) is 11.6 Å². The van der Waals surface area contributed by atoms with Gasteiger partial charge in [-0.3, -0.25) is 0 Å². The first-order valence-corrected chi connectivity index (χ1v) is 10.9. The third-order valence-electron chi connectivity index (χ3n) is 8.69. The lowest BCUT2D eigenvalue weighted by Gasteiger charge is -2.47. The van der Waals surface area contributed by atoms with E-state index in [0.717, 1.165) is 17.6 Å². The molecule has 31 heavy (non-hydrogen) atoms. The zero-order chi connectivity index (χ0) is 21.8. The summed E-state index contributed by atoms with van der Waals surface area (Å²) in [6.45, 7) is 6.15. The predicted octanol–water partition coefficient (Wildman–Crippen LogP) is 1.64. The van der Waals surface area contributed by atoms with Crippen LogP contribution in [0.15, 0.2) is 22.3 Å². The van der Waals surface area contributed by atoms with Gasteiger partial charge < -0.3 is 18.9 Å². The highest BCUT2D eigenvalue weighted by Gasteiger charge is 2.82. The summed E-state index contributed by atoms with van der Waals surface area (Å²) in [5.41, 5.74) is 1.76. The summed E-state index contributed by atoms with van der Waals surface area (Å²) in [6.07, 6.45) is 0.996. The van der Waals surface area contributed by atoms with Crippen LogP contribution in [0.2, 0.25) is 0 Å². The molecule has 0 aromatic rings. The van der Waals surface area contributed by atoms with Crippen LogP contribution in [0.4, 0.5) is 0 Å². The molecule has 5 saturated carbocycles. The van der Waals surface area contributed by atoms with Crippen molar-refractivity contribution in [1.29, 1.82) is 0 Å². The van der Waals surface area contributed by atoms with Crippen molar-refractivity contribution in [2.45, 2.75) is 45.7 Å². The average molecular weight is 426 g/mol. The Bertz CT molecular complexity index is 973. The Morgan fingerprint density at radius 3 is 1.23 bits per heavy atom. The number of hydrogen-bond acceptors (Lipinski definition) is 8. The van der Waals surface area contributed by atoms with E-state index in [1.807, 2.05) is 0 Å². The van der Waals surface area contributed by atoms with Crippen molar-refractivity contribution < 1.29 is 38.1 Å². The molecule has 8 atom stereocenters. The van der Waals surface area contributed by atoms with Crippen LogP contribution in [0.1, 0.15) is 34.1 Å². The Hall–Kier alpha value is -2.64. The van der Waals surface area contributed by atoms with E-state index in [0.29, 0.717) is 23.7 Å². The summed E-state index contributed by atoms with van der Waals surface area (Å²) in [5.74, 6) is -3.71. The van der Waals surface area contributed by atoms with Gasteiger partial charge in [0.15, 0.2) is 0 Å². The number of fused-ring (bicyclic) bond motifs is 2. The Balaban J connectivity index is 1.38. The van der Waals surface area contributed by atoms with E-state index in [-0.39, 0.29) is 34.8 Å². The molecule has 0 N–H and O–H groups in total. The van der Waals surface area contributed by atoms with Crippen molar-refractivity contribution in [3.8, 4) is 0 Å². The first kappa shape index (κ1) is 18.0. The fourth-order valence-corrected chi connectivity index (χ4v) is 8.39. The Labute approximate surface area is 177 Å². The number of allylic oxidation sites excluding steroid dienone is 2. The van der Waals surface area contributed by atoms with Crippen LogP contribution in [-0.2, 0) is 38.1 Å². The molecule has 2 saturated heterocycles. The molecule has 162 valence electrons. The SMILES string of the molecule is CC1(C)OC(=O)C(=C2[C@@H]3[C@H]4C[C@@H]5[C@@H]3C(=C3C(=O)OC(C)(C)OC3=O)[C@H]3[C@@H]2[C@H]4[C@H]53)C(=O)O1. The van der Waals surface area contributed by atoms with Crippen LogP contribution in [0.5, 0.6) is 0 Å². The molecule has 7 rings (SSSR count). The average Bonchev–Trinajstić information content (AvgIpc) is 3.11. The van der Waals surface area contributed by atoms with Gasteiger partial charge in [-0.1, -0.05) is 0 Å². The molecule has 5 aliphatic carbocycles. The van der Waals surface area contributed by atoms with Crippen molar-refractivity contribution >= 4 is 23.9 Å². The molecule has 8 nitrogen and oxygen atoms in total. The number of rotatable bonds is 0. The summed E-state index contributed by atoms with van der Waals surface area (Å²) in [4.78, 5) is 51.3. The Morgan fingerprint density at radius 1 is 0.581 bits per heavy atom. The number of ether oxygens (including phenoxy) is 4. The number of esters is 4. The molecule has 0 aromatic carbocycles. The van der Waals surface area contributed by atoms with Crippen LogP contribution in [0.3, 0.4) is 0 Å². The highest BCUT2D eigenvalue weighted by atomic mass is 16.7. The zero-order valence-electron chi connectivity index (χ0n) is 17.6. The number of carbonyl (C=O) groups excluding carboxylic acids is 4. The topological polar surface area (TPSA) is 105 Å². The van der Waals surface area contributed by atoms with Gasteiger partial charge in [0.1, 0.15) is 11.1 Å². The quantitative estimate of drug-likeness (QED) is 0.327. The summed E-state index contributed by atoms with van der Waals surface area (Å²) >= 11 is 0. The minimum absolute atomic E-state index is 0.0295. The lowest BCUT2D eigenvalue weighted by Crippen LogP contribution is -2.48. The molecular formula is C23H22O8. The van der Waals surface area contributed by atoms with Gasteiger partial charge in [-0.2, -0.15) is 0 Å². The van der Waals surface area contributed by atoms with Crippen molar-refractivity contribution in [1.82, 2.24) is 0 Å². The Morgan fingerprint density at radius 2 is 0.903 bits per heavy atom. The van der Waals surface area contributed by atoms with Crippen molar-refractivity contribution in [3.05, 3.63) is 22.3 Å². The number of carbonyl (C=O) groups is 4. The van der Waals surface area contributed by atoms with E-state index in [1.165, 1.54) is 27.7 Å². The van der Waals surface area contributed by atoms with Gasteiger partial charge in [-0.05, 0) is 64.9 Å². The fourth-order valence-electron chi connectivity index (χ4n) is 8.39. The maximum absolute atomic E-state index is 12.8. The molecule has 0 aromatic heterocycles. The lowest BCUT2D eigenvalue weighted by atomic mass is 9.56. The van der Waals surface area contributed by atoms with Crippen LogP contribution < -0.4 is 0 Å². The molecule has 0 radical (unpaired) electrons. The van der Waals surface area contributed by atoms with Crippen LogP contribution >= 0.6 is 0 Å². The Kier molecular flexibility index (Phi) is 2.84. The number of cyclic esters (lactones) is 4. The maximum Gasteiger partial charge on any atom is 0.348 e. The molecule has 7 aliphatic rings. The van der Waals surface area contributed by atoms with Crippen molar-refractivity contribution in [2.75, 3.05) is 0 Å². The van der Waals surface area contributed by atoms with Gasteiger partial charge in [0.2, 0.25) is 0 Å². The van der Waals surface area contributed by atoms with Crippen LogP contribution in [0, 0.1) is 47.3 Å². The molecule has 0 amide bonds. The monoisotopic (exact) mass is 426 g/mol. The van der Waals surface area contributed by atoms with Gasteiger partial charge in [-0.15, -0.1) is 0 Å². The molecule has 2 heterocycles. The second kappa shape index (κ2) is 4.89. The van der Waals surface area contributed by atoms with Crippen molar-refractivity contribution in [3.63, 3.8) is 0 Å². The third kappa shape index (κ3) is 1.86. The van der Waals surface area contributed by atoms with Crippen molar-refractivity contribution in [2.24, 2.45) is 47.3 Å². The predicted molar refractivity (Wildman–Crippen MR) is 99.1 cm³/mol. The van der Waals surface area contributed by atoms with E-state index in [2.05, 4.69) is 0 Å². The smallest absolute Gasteiger partial charge is 0.348 e. The first-order valence-electron chi connectivity index (χ1n) is 10.9. The van der Waals surface area contributed by atoms with Crippen LogP contribution in [0.25, 0.3) is 0 Å². The van der Waals surface area contributed by atoms with Gasteiger partial charge >= 0.3 is 23.9 Å². The van der Waals surface area contributed by atoms with E-state index >= 15 is 0 Å². The number of hydrogen-bond donors (Lipinski definition) is 0. The molecule has 8 heteroatoms. The lowest BCUT2D eigenvalue weighted by molar-refractivity contribution is -0.225. The minimum Gasteiger partial charge on any atom is -0.419 e. The fraction of sp³-hybridized carbons (Fsp3) is 0.652. The van der Waals surface area contributed by atoms with E-state index < -0.39 is 35.5 Å². The third-order valence-corrected chi connectivity index (χ3v) is 8.69. The molecule has 0 spiro atoms. The zero-order valence-corrected chi connectivity index (χ0v) is 17.6. The van der Waals surface area contributed by atoms with E-state index in [1.54, 1.807) is 0 Å². The molecule has 2 bridgehead atoms. The summed E-state index contributed by atoms with van der Waals surface area (Å²) in [6, 6.07) is 0. The summed E-state index contributed by atoms with van der Waals surface area (Å²) in [5, 5.41) is 0. The maximum atomic E-state index is 12.8. The second-order valence-electron chi connectivity index (χ2n) is 10.8. The summed E-state index contributed by atoms with van der Waals surface area (Å²) < 4.78 is 21.5. The van der Waals surface area contributed by atoms with Gasteiger partial charge in [0.05, 0.1) is 0 Å². The van der Waals surface area contributed by atoms with Gasteiger partial charge in [0, 0.05) is 27.7 Å². The van der Waals surface area contributed by atoms with Crippen LogP contribution in [-0.4, -0.2) is 35.5 Å². The largest absolute Gasteiger partial charge is 0.419 e. The standard InChI is InChI=1S/C23H22O8/c1-22(2)28-18(24)16(19(25)29-22)14-10-6-5-7-9-8(6)12(14)13(9)15(11(7)10)17-20(26)30-23(3,4)31-21(17)27/h6-13H,5H2,1-4H3/t6-,7-,8-,9+,10-,11+,12+,13-/m0/s1. The molecule has 7 fully saturated rings. The highest BCUT2D eigenvalue weighted by Crippen LogP contribution is 2.86. The molecule has 2 aliphatic heterocycles. The van der Waals surface area contributed by atoms with E-state index in [9.17, 15) is 19.2 Å². The van der Waals surface area contributed by atoms with Gasteiger partial charge in [-0.25, -0.2) is 19.2 Å². The minimum atomic E-state index is -1.28. The first-order chi connectivity index (χ1) is 14.5. The van der Waals surface area contributed by atoms with E-state index in [4.69, 9.17) is 18.9 Å². The normalized spacial score (nSPS) is 46.8.